The number of nitrogens with zero attached hydrogens (tertiary/aromatic N) is 3. The Hall–Kier alpha value is -1.51. The second-order valence-electron chi connectivity index (χ2n) is 5.86. The highest BCUT2D eigenvalue weighted by molar-refractivity contribution is 14.0. The lowest BCUT2D eigenvalue weighted by molar-refractivity contribution is -0.131. The monoisotopic (exact) mass is 476 g/mol. The second kappa shape index (κ2) is 13.7. The predicted octanol–water partition coefficient (Wildman–Crippen LogP) is 2.84. The molecule has 1 unspecified atom stereocenters. The minimum Gasteiger partial charge on any atom is -0.489 e. The van der Waals surface area contributed by atoms with E-state index in [2.05, 4.69) is 10.3 Å². The first-order valence-electron chi connectivity index (χ1n) is 9.00. The number of carbonyl (C=O) groups excluding carboxylic acids is 1. The van der Waals surface area contributed by atoms with Gasteiger partial charge in [-0.15, -0.1) is 24.0 Å². The molecule has 0 bridgehead atoms. The van der Waals surface area contributed by atoms with Gasteiger partial charge < -0.3 is 19.9 Å². The average Bonchev–Trinajstić information content (AvgIpc) is 2.60. The van der Waals surface area contributed by atoms with Crippen LogP contribution in [0.3, 0.4) is 0 Å². The average molecular weight is 476 g/mol. The molecule has 0 spiro atoms. The molecule has 0 fully saturated rings. The van der Waals surface area contributed by atoms with Crippen molar-refractivity contribution >= 4 is 35.8 Å². The molecule has 1 amide bonds. The van der Waals surface area contributed by atoms with Crippen LogP contribution in [0.4, 0.5) is 0 Å². The quantitative estimate of drug-likeness (QED) is 0.339. The van der Waals surface area contributed by atoms with Crippen molar-refractivity contribution in [3.8, 4) is 5.75 Å². The topological polar surface area (TPSA) is 57.2 Å². The number of para-hydroxylation sites is 1. The molecule has 0 saturated heterocycles. The molecule has 0 aliphatic rings. The highest BCUT2D eigenvalue weighted by atomic mass is 127. The molecule has 1 atom stereocenters. The van der Waals surface area contributed by atoms with Crippen LogP contribution in [-0.2, 0) is 4.79 Å². The van der Waals surface area contributed by atoms with Crippen LogP contribution in [0.1, 0.15) is 27.7 Å². The van der Waals surface area contributed by atoms with Crippen molar-refractivity contribution in [2.24, 2.45) is 4.99 Å². The van der Waals surface area contributed by atoms with Crippen LogP contribution in [-0.4, -0.2) is 67.5 Å². The number of rotatable bonds is 9. The van der Waals surface area contributed by atoms with E-state index in [1.54, 1.807) is 0 Å². The molecule has 148 valence electrons. The highest BCUT2D eigenvalue weighted by Gasteiger charge is 2.15. The summed E-state index contributed by atoms with van der Waals surface area (Å²) >= 11 is 0. The Morgan fingerprint density at radius 1 is 1.19 bits per heavy atom. The fourth-order valence-electron chi connectivity index (χ4n) is 2.41. The number of likely N-dealkylation sites (N-methyl/N-ethyl adjacent to an activating group) is 2. The Kier molecular flexibility index (Phi) is 12.9. The maximum Gasteiger partial charge on any atom is 0.242 e. The van der Waals surface area contributed by atoms with Gasteiger partial charge in [0, 0.05) is 26.7 Å². The number of hydrogen-bond donors (Lipinski definition) is 1. The number of ether oxygens (including phenoxy) is 1. The number of halogens is 1. The van der Waals surface area contributed by atoms with Crippen molar-refractivity contribution in [3.63, 3.8) is 0 Å². The van der Waals surface area contributed by atoms with Crippen LogP contribution < -0.4 is 10.1 Å². The minimum absolute atomic E-state index is 0. The van der Waals surface area contributed by atoms with Gasteiger partial charge in [0.1, 0.15) is 11.9 Å². The van der Waals surface area contributed by atoms with E-state index in [9.17, 15) is 4.79 Å². The summed E-state index contributed by atoms with van der Waals surface area (Å²) in [5.74, 6) is 1.65. The third kappa shape index (κ3) is 8.73. The van der Waals surface area contributed by atoms with Crippen LogP contribution in [0.15, 0.2) is 35.3 Å². The standard InChI is InChI=1S/C19H32N4O2.HI/c1-6-20-19(22(5)15-18(24)23(7-2)8-3)21-14-16(4)25-17-12-10-9-11-13-17;/h9-13,16H,6-8,14-15H2,1-5H3,(H,20,21);1H. The van der Waals surface area contributed by atoms with Gasteiger partial charge in [-0.2, -0.15) is 0 Å². The number of guanidine groups is 1. The molecule has 0 saturated carbocycles. The molecule has 1 aromatic carbocycles. The van der Waals surface area contributed by atoms with Crippen molar-refractivity contribution in [1.29, 1.82) is 0 Å². The molecule has 0 aliphatic carbocycles. The molecule has 6 nitrogen and oxygen atoms in total. The summed E-state index contributed by atoms with van der Waals surface area (Å²) in [5.41, 5.74) is 0. The zero-order valence-corrected chi connectivity index (χ0v) is 18.9. The van der Waals surface area contributed by atoms with Gasteiger partial charge in [-0.3, -0.25) is 4.79 Å². The minimum atomic E-state index is -0.0528. The van der Waals surface area contributed by atoms with E-state index >= 15 is 0 Å². The number of aliphatic imine (C=N–C) groups is 1. The molecule has 0 radical (unpaired) electrons. The molecular formula is C19H33IN4O2. The van der Waals surface area contributed by atoms with Crippen LogP contribution in [0, 0.1) is 0 Å². The Morgan fingerprint density at radius 2 is 1.81 bits per heavy atom. The summed E-state index contributed by atoms with van der Waals surface area (Å²) in [4.78, 5) is 20.6. The first kappa shape index (κ1) is 24.5. The lowest BCUT2D eigenvalue weighted by Crippen LogP contribution is -2.46. The van der Waals surface area contributed by atoms with Crippen LogP contribution in [0.5, 0.6) is 5.75 Å². The number of benzene rings is 1. The zero-order chi connectivity index (χ0) is 18.7. The van der Waals surface area contributed by atoms with E-state index in [1.807, 2.05) is 74.9 Å². The van der Waals surface area contributed by atoms with Gasteiger partial charge in [0.25, 0.3) is 0 Å². The summed E-state index contributed by atoms with van der Waals surface area (Å²) < 4.78 is 5.85. The molecule has 26 heavy (non-hydrogen) atoms. The molecule has 1 aromatic rings. The molecule has 0 heterocycles. The summed E-state index contributed by atoms with van der Waals surface area (Å²) in [7, 11) is 1.88. The Morgan fingerprint density at radius 3 is 2.35 bits per heavy atom. The summed E-state index contributed by atoms with van der Waals surface area (Å²) in [6, 6.07) is 9.71. The lowest BCUT2D eigenvalue weighted by atomic mass is 10.3. The fourth-order valence-corrected chi connectivity index (χ4v) is 2.41. The molecule has 0 aromatic heterocycles. The molecule has 1 N–H and O–H groups in total. The van der Waals surface area contributed by atoms with Gasteiger partial charge in [-0.1, -0.05) is 18.2 Å². The first-order valence-corrected chi connectivity index (χ1v) is 9.00. The van der Waals surface area contributed by atoms with Crippen molar-refractivity contribution < 1.29 is 9.53 Å². The third-order valence-corrected chi connectivity index (χ3v) is 3.76. The number of carbonyl (C=O) groups is 1. The van der Waals surface area contributed by atoms with E-state index in [-0.39, 0.29) is 36.0 Å². The van der Waals surface area contributed by atoms with E-state index in [0.29, 0.717) is 19.0 Å². The lowest BCUT2D eigenvalue weighted by Gasteiger charge is -2.26. The van der Waals surface area contributed by atoms with Gasteiger partial charge in [0.15, 0.2) is 5.96 Å². The maximum atomic E-state index is 12.3. The van der Waals surface area contributed by atoms with E-state index in [4.69, 9.17) is 4.74 Å². The van der Waals surface area contributed by atoms with Crippen LogP contribution in [0.2, 0.25) is 0 Å². The smallest absolute Gasteiger partial charge is 0.242 e. The summed E-state index contributed by atoms with van der Waals surface area (Å²) in [5, 5.41) is 3.23. The molecule has 0 aliphatic heterocycles. The SMILES string of the molecule is CCNC(=NCC(C)Oc1ccccc1)N(C)CC(=O)N(CC)CC.I. The highest BCUT2D eigenvalue weighted by Crippen LogP contribution is 2.10. The fraction of sp³-hybridized carbons (Fsp3) is 0.579. The zero-order valence-electron chi connectivity index (χ0n) is 16.6. The van der Waals surface area contributed by atoms with Gasteiger partial charge >= 0.3 is 0 Å². The largest absolute Gasteiger partial charge is 0.489 e. The molecule has 1 rings (SSSR count). The van der Waals surface area contributed by atoms with Crippen LogP contribution in [0.25, 0.3) is 0 Å². The van der Waals surface area contributed by atoms with Crippen molar-refractivity contribution in [3.05, 3.63) is 30.3 Å². The number of nitrogens with one attached hydrogen (secondary N) is 1. The second-order valence-corrected chi connectivity index (χ2v) is 5.86. The Labute approximate surface area is 175 Å². The van der Waals surface area contributed by atoms with Gasteiger partial charge in [-0.05, 0) is 39.8 Å². The van der Waals surface area contributed by atoms with Gasteiger partial charge in [-0.25, -0.2) is 4.99 Å². The normalized spacial score (nSPS) is 12.0. The Bertz CT molecular complexity index is 536. The van der Waals surface area contributed by atoms with E-state index in [1.165, 1.54) is 0 Å². The third-order valence-electron chi connectivity index (χ3n) is 3.76. The molecule has 7 heteroatoms. The molecular weight excluding hydrogens is 443 g/mol. The van der Waals surface area contributed by atoms with Crippen molar-refractivity contribution in [1.82, 2.24) is 15.1 Å². The maximum absolute atomic E-state index is 12.3. The van der Waals surface area contributed by atoms with Crippen molar-refractivity contribution in [2.75, 3.05) is 39.8 Å². The van der Waals surface area contributed by atoms with E-state index in [0.717, 1.165) is 25.4 Å². The van der Waals surface area contributed by atoms with Gasteiger partial charge in [0.05, 0.1) is 13.1 Å². The van der Waals surface area contributed by atoms with Gasteiger partial charge in [0.2, 0.25) is 5.91 Å². The van der Waals surface area contributed by atoms with Crippen molar-refractivity contribution in [2.45, 2.75) is 33.8 Å². The van der Waals surface area contributed by atoms with Crippen LogP contribution >= 0.6 is 24.0 Å². The van der Waals surface area contributed by atoms with E-state index < -0.39 is 0 Å². The summed E-state index contributed by atoms with van der Waals surface area (Å²) in [6.45, 7) is 11.0. The number of amides is 1. The predicted molar refractivity (Wildman–Crippen MR) is 118 cm³/mol. The summed E-state index contributed by atoms with van der Waals surface area (Å²) in [6.07, 6.45) is -0.0528. The Balaban J connectivity index is 0.00000625. The first-order chi connectivity index (χ1) is 12.0. The number of hydrogen-bond acceptors (Lipinski definition) is 3.